The summed E-state index contributed by atoms with van der Waals surface area (Å²) in [6, 6.07) is 17.8. The number of nitrogens with one attached hydrogen (secondary N) is 1. The topological polar surface area (TPSA) is 38.3 Å². The third-order valence-corrected chi connectivity index (χ3v) is 3.81. The maximum absolute atomic E-state index is 12.3. The van der Waals surface area contributed by atoms with E-state index in [1.54, 1.807) is 0 Å². The van der Waals surface area contributed by atoms with Gasteiger partial charge < -0.3 is 10.1 Å². The summed E-state index contributed by atoms with van der Waals surface area (Å²) < 4.78 is 5.20. The van der Waals surface area contributed by atoms with Crippen molar-refractivity contribution in [2.24, 2.45) is 5.41 Å². The Balaban J connectivity index is 1.72. The molecule has 0 aliphatic carbocycles. The van der Waals surface area contributed by atoms with Gasteiger partial charge in [0.25, 0.3) is 5.91 Å². The standard InChI is InChI=1S/C18H19NO2/c1-18(12-21-13-18)11-19-17(20)16-9-5-8-15(10-16)14-6-3-2-4-7-14/h2-10H,11-13H2,1H3,(H,19,20). The first-order chi connectivity index (χ1) is 10.2. The summed E-state index contributed by atoms with van der Waals surface area (Å²) in [4.78, 5) is 12.3. The van der Waals surface area contributed by atoms with Gasteiger partial charge in [0, 0.05) is 17.5 Å². The van der Waals surface area contributed by atoms with Gasteiger partial charge in [0.05, 0.1) is 13.2 Å². The second-order valence-corrected chi connectivity index (χ2v) is 5.93. The summed E-state index contributed by atoms with van der Waals surface area (Å²) in [5.41, 5.74) is 2.96. The van der Waals surface area contributed by atoms with E-state index in [0.29, 0.717) is 12.1 Å². The van der Waals surface area contributed by atoms with Gasteiger partial charge in [0.2, 0.25) is 0 Å². The monoisotopic (exact) mass is 281 g/mol. The highest BCUT2D eigenvalue weighted by molar-refractivity contribution is 5.95. The summed E-state index contributed by atoms with van der Waals surface area (Å²) in [7, 11) is 0. The Hall–Kier alpha value is -2.13. The summed E-state index contributed by atoms with van der Waals surface area (Å²) >= 11 is 0. The molecule has 1 N–H and O–H groups in total. The molecule has 3 nitrogen and oxygen atoms in total. The quantitative estimate of drug-likeness (QED) is 0.935. The molecule has 0 bridgehead atoms. The summed E-state index contributed by atoms with van der Waals surface area (Å²) in [6.07, 6.45) is 0. The van der Waals surface area contributed by atoms with Crippen LogP contribution < -0.4 is 5.32 Å². The Morgan fingerprint density at radius 1 is 1.10 bits per heavy atom. The van der Waals surface area contributed by atoms with E-state index in [9.17, 15) is 4.79 Å². The fourth-order valence-corrected chi connectivity index (χ4v) is 2.42. The number of hydrogen-bond donors (Lipinski definition) is 1. The number of benzene rings is 2. The molecule has 0 radical (unpaired) electrons. The number of amides is 1. The van der Waals surface area contributed by atoms with Crippen molar-refractivity contribution < 1.29 is 9.53 Å². The highest BCUT2D eigenvalue weighted by Gasteiger charge is 2.33. The molecular formula is C18H19NO2. The van der Waals surface area contributed by atoms with Gasteiger partial charge in [0.15, 0.2) is 0 Å². The van der Waals surface area contributed by atoms with Gasteiger partial charge in [-0.05, 0) is 23.3 Å². The number of carbonyl (C=O) groups excluding carboxylic acids is 1. The van der Waals surface area contributed by atoms with E-state index in [1.807, 2.05) is 54.6 Å². The molecule has 1 amide bonds. The summed E-state index contributed by atoms with van der Waals surface area (Å²) in [6.45, 7) is 4.22. The lowest BCUT2D eigenvalue weighted by Gasteiger charge is -2.38. The largest absolute Gasteiger partial charge is 0.380 e. The molecule has 0 aromatic heterocycles. The van der Waals surface area contributed by atoms with Gasteiger partial charge in [-0.25, -0.2) is 0 Å². The highest BCUT2D eigenvalue weighted by atomic mass is 16.5. The Bertz CT molecular complexity index is 633. The second kappa shape index (κ2) is 5.70. The Morgan fingerprint density at radius 3 is 2.48 bits per heavy atom. The van der Waals surface area contributed by atoms with Crippen LogP contribution >= 0.6 is 0 Å². The maximum atomic E-state index is 12.3. The van der Waals surface area contributed by atoms with E-state index in [4.69, 9.17) is 4.74 Å². The lowest BCUT2D eigenvalue weighted by atomic mass is 9.88. The van der Waals surface area contributed by atoms with Crippen LogP contribution in [0.4, 0.5) is 0 Å². The van der Waals surface area contributed by atoms with Gasteiger partial charge in [-0.15, -0.1) is 0 Å². The molecule has 1 aliphatic rings. The lowest BCUT2D eigenvalue weighted by molar-refractivity contribution is -0.0978. The van der Waals surface area contributed by atoms with E-state index in [0.717, 1.165) is 24.3 Å². The van der Waals surface area contributed by atoms with Gasteiger partial charge in [-0.1, -0.05) is 49.4 Å². The molecule has 2 aromatic carbocycles. The molecule has 108 valence electrons. The van der Waals surface area contributed by atoms with Crippen molar-refractivity contribution in [2.75, 3.05) is 19.8 Å². The zero-order valence-electron chi connectivity index (χ0n) is 12.1. The van der Waals surface area contributed by atoms with Crippen LogP contribution in [0.25, 0.3) is 11.1 Å². The Kier molecular flexibility index (Phi) is 3.76. The number of rotatable bonds is 4. The van der Waals surface area contributed by atoms with Crippen LogP contribution in [0.3, 0.4) is 0 Å². The van der Waals surface area contributed by atoms with Crippen molar-refractivity contribution in [3.63, 3.8) is 0 Å². The predicted octanol–water partition coefficient (Wildman–Crippen LogP) is 3.12. The molecule has 1 heterocycles. The van der Waals surface area contributed by atoms with Gasteiger partial charge in [0.1, 0.15) is 0 Å². The minimum Gasteiger partial charge on any atom is -0.380 e. The summed E-state index contributed by atoms with van der Waals surface area (Å²) in [5.74, 6) is -0.0269. The first-order valence-corrected chi connectivity index (χ1v) is 7.18. The van der Waals surface area contributed by atoms with Gasteiger partial charge in [-0.2, -0.15) is 0 Å². The Labute approximate surface area is 124 Å². The van der Waals surface area contributed by atoms with Gasteiger partial charge in [-0.3, -0.25) is 4.79 Å². The van der Waals surface area contributed by atoms with Crippen molar-refractivity contribution in [3.8, 4) is 11.1 Å². The fourth-order valence-electron chi connectivity index (χ4n) is 2.42. The maximum Gasteiger partial charge on any atom is 0.251 e. The smallest absolute Gasteiger partial charge is 0.251 e. The third-order valence-electron chi connectivity index (χ3n) is 3.81. The van der Waals surface area contributed by atoms with Crippen molar-refractivity contribution in [1.29, 1.82) is 0 Å². The number of hydrogen-bond acceptors (Lipinski definition) is 2. The van der Waals surface area contributed by atoms with Crippen LogP contribution in [-0.2, 0) is 4.74 Å². The van der Waals surface area contributed by atoms with E-state index in [1.165, 1.54) is 0 Å². The van der Waals surface area contributed by atoms with Crippen molar-refractivity contribution in [3.05, 3.63) is 60.2 Å². The van der Waals surface area contributed by atoms with Crippen molar-refractivity contribution in [2.45, 2.75) is 6.92 Å². The SMILES string of the molecule is CC1(CNC(=O)c2cccc(-c3ccccc3)c2)COC1. The summed E-state index contributed by atoms with van der Waals surface area (Å²) in [5, 5.41) is 3.00. The molecule has 0 saturated carbocycles. The molecule has 2 aromatic rings. The average Bonchev–Trinajstić information content (AvgIpc) is 2.52. The van der Waals surface area contributed by atoms with Crippen LogP contribution in [0.5, 0.6) is 0 Å². The molecule has 3 rings (SSSR count). The van der Waals surface area contributed by atoms with E-state index in [-0.39, 0.29) is 11.3 Å². The number of carbonyl (C=O) groups is 1. The molecule has 1 saturated heterocycles. The fraction of sp³-hybridized carbons (Fsp3) is 0.278. The Morgan fingerprint density at radius 2 is 1.81 bits per heavy atom. The minimum atomic E-state index is -0.0269. The first kappa shape index (κ1) is 13.8. The minimum absolute atomic E-state index is 0.0269. The lowest BCUT2D eigenvalue weighted by Crippen LogP contribution is -2.48. The van der Waals surface area contributed by atoms with E-state index in [2.05, 4.69) is 12.2 Å². The number of ether oxygens (including phenoxy) is 1. The highest BCUT2D eigenvalue weighted by Crippen LogP contribution is 2.25. The van der Waals surface area contributed by atoms with Crippen LogP contribution in [0, 0.1) is 5.41 Å². The first-order valence-electron chi connectivity index (χ1n) is 7.18. The van der Waals surface area contributed by atoms with Crippen molar-refractivity contribution >= 4 is 5.91 Å². The average molecular weight is 281 g/mol. The molecule has 1 fully saturated rings. The van der Waals surface area contributed by atoms with Crippen LogP contribution in [-0.4, -0.2) is 25.7 Å². The van der Waals surface area contributed by atoms with Gasteiger partial charge >= 0.3 is 0 Å². The molecule has 0 unspecified atom stereocenters. The van der Waals surface area contributed by atoms with Crippen LogP contribution in [0.15, 0.2) is 54.6 Å². The third kappa shape index (κ3) is 3.14. The zero-order valence-corrected chi connectivity index (χ0v) is 12.1. The molecule has 0 atom stereocenters. The molecular weight excluding hydrogens is 262 g/mol. The molecule has 3 heteroatoms. The molecule has 0 spiro atoms. The van der Waals surface area contributed by atoms with Crippen LogP contribution in [0.1, 0.15) is 17.3 Å². The zero-order chi connectivity index (χ0) is 14.7. The second-order valence-electron chi connectivity index (χ2n) is 5.93. The predicted molar refractivity (Wildman–Crippen MR) is 83.1 cm³/mol. The van der Waals surface area contributed by atoms with Crippen LogP contribution in [0.2, 0.25) is 0 Å². The molecule has 21 heavy (non-hydrogen) atoms. The molecule has 1 aliphatic heterocycles. The van der Waals surface area contributed by atoms with E-state index >= 15 is 0 Å². The van der Waals surface area contributed by atoms with E-state index < -0.39 is 0 Å². The van der Waals surface area contributed by atoms with Crippen molar-refractivity contribution in [1.82, 2.24) is 5.32 Å². The normalized spacial score (nSPS) is 16.0.